The molecule has 3 aromatic carbocycles. The Hall–Kier alpha value is -4.10. The van der Waals surface area contributed by atoms with Crippen LogP contribution in [0.25, 0.3) is 5.76 Å². The zero-order valence-electron chi connectivity index (χ0n) is 23.7. The smallest absolute Gasteiger partial charge is 0.295 e. The van der Waals surface area contributed by atoms with E-state index in [1.54, 1.807) is 17.0 Å². The number of ether oxygens (including phenoxy) is 2. The molecule has 7 heteroatoms. The number of Topliss-reactive ketones (excluding diaryl/α,β-unsaturated/α-hetero) is 1. The molecule has 1 saturated heterocycles. The molecule has 1 heterocycles. The number of aryl methyl sites for hydroxylation is 2. The van der Waals surface area contributed by atoms with E-state index < -0.39 is 17.7 Å². The van der Waals surface area contributed by atoms with Crippen LogP contribution in [0.2, 0.25) is 0 Å². The molecule has 4 rings (SSSR count). The summed E-state index contributed by atoms with van der Waals surface area (Å²) >= 11 is 0. The van der Waals surface area contributed by atoms with E-state index in [1.807, 2.05) is 74.5 Å². The van der Waals surface area contributed by atoms with Gasteiger partial charge in [0.2, 0.25) is 0 Å². The van der Waals surface area contributed by atoms with E-state index in [9.17, 15) is 14.7 Å². The molecular formula is C33H38N2O5. The van der Waals surface area contributed by atoms with Gasteiger partial charge >= 0.3 is 0 Å². The lowest BCUT2D eigenvalue weighted by atomic mass is 9.95. The SMILES string of the molecule is CCN(CC)CCN1C(=O)C(=O)/C(=C(/O)c2ccc(C)cc2)C1c1ccc(OCCOc2ccccc2C)cc1. The number of carbonyl (C=O) groups excluding carboxylic acids is 2. The molecule has 1 amide bonds. The van der Waals surface area contributed by atoms with Gasteiger partial charge < -0.3 is 24.4 Å². The van der Waals surface area contributed by atoms with Gasteiger partial charge in [-0.1, -0.05) is 74.0 Å². The molecule has 0 bridgehead atoms. The van der Waals surface area contributed by atoms with Gasteiger partial charge in [0.15, 0.2) is 0 Å². The number of aliphatic hydroxyl groups excluding tert-OH is 1. The fourth-order valence-corrected chi connectivity index (χ4v) is 4.89. The predicted octanol–water partition coefficient (Wildman–Crippen LogP) is 5.52. The zero-order chi connectivity index (χ0) is 28.6. The maximum absolute atomic E-state index is 13.3. The molecule has 1 unspecified atom stereocenters. The molecule has 0 aromatic heterocycles. The Labute approximate surface area is 236 Å². The Morgan fingerprint density at radius 2 is 1.52 bits per heavy atom. The summed E-state index contributed by atoms with van der Waals surface area (Å²) in [6, 6.07) is 21.7. The van der Waals surface area contributed by atoms with Crippen molar-refractivity contribution in [3.8, 4) is 11.5 Å². The molecule has 1 fully saturated rings. The second-order valence-electron chi connectivity index (χ2n) is 9.92. The van der Waals surface area contributed by atoms with Crippen LogP contribution in [0.15, 0.2) is 78.4 Å². The number of carbonyl (C=O) groups is 2. The Kier molecular flexibility index (Phi) is 9.61. The van der Waals surface area contributed by atoms with Gasteiger partial charge in [0, 0.05) is 18.7 Å². The van der Waals surface area contributed by atoms with Crippen LogP contribution in [0.1, 0.15) is 42.1 Å². The summed E-state index contributed by atoms with van der Waals surface area (Å²) in [5.74, 6) is 0.0449. The Bertz CT molecular complexity index is 1340. The third kappa shape index (κ3) is 6.54. The minimum Gasteiger partial charge on any atom is -0.507 e. The van der Waals surface area contributed by atoms with Crippen molar-refractivity contribution in [1.29, 1.82) is 0 Å². The molecule has 40 heavy (non-hydrogen) atoms. The Morgan fingerprint density at radius 1 is 0.875 bits per heavy atom. The molecule has 210 valence electrons. The summed E-state index contributed by atoms with van der Waals surface area (Å²) < 4.78 is 11.7. The lowest BCUT2D eigenvalue weighted by molar-refractivity contribution is -0.140. The molecule has 1 atom stereocenters. The van der Waals surface area contributed by atoms with Crippen LogP contribution in [0.3, 0.4) is 0 Å². The van der Waals surface area contributed by atoms with Gasteiger partial charge in [-0.2, -0.15) is 0 Å². The highest BCUT2D eigenvalue weighted by molar-refractivity contribution is 6.46. The molecule has 0 spiro atoms. The second-order valence-corrected chi connectivity index (χ2v) is 9.92. The summed E-state index contributed by atoms with van der Waals surface area (Å²) in [6.45, 7) is 11.5. The number of hydrogen-bond acceptors (Lipinski definition) is 6. The van der Waals surface area contributed by atoms with Crippen LogP contribution in [0.4, 0.5) is 0 Å². The van der Waals surface area contributed by atoms with Crippen molar-refractivity contribution >= 4 is 17.4 Å². The predicted molar refractivity (Wildman–Crippen MR) is 157 cm³/mol. The van der Waals surface area contributed by atoms with Gasteiger partial charge in [-0.15, -0.1) is 0 Å². The molecule has 7 nitrogen and oxygen atoms in total. The van der Waals surface area contributed by atoms with Gasteiger partial charge in [-0.05, 0) is 56.3 Å². The lowest BCUT2D eigenvalue weighted by Crippen LogP contribution is -2.38. The number of benzene rings is 3. The first kappa shape index (κ1) is 28.9. The molecule has 1 N–H and O–H groups in total. The van der Waals surface area contributed by atoms with Crippen molar-refractivity contribution < 1.29 is 24.2 Å². The first-order chi connectivity index (χ1) is 19.3. The van der Waals surface area contributed by atoms with Crippen molar-refractivity contribution in [1.82, 2.24) is 9.80 Å². The first-order valence-electron chi connectivity index (χ1n) is 13.8. The highest BCUT2D eigenvalue weighted by Crippen LogP contribution is 2.39. The normalized spacial score (nSPS) is 16.5. The lowest BCUT2D eigenvalue weighted by Gasteiger charge is -2.28. The van der Waals surface area contributed by atoms with Crippen LogP contribution in [-0.4, -0.2) is 66.0 Å². The highest BCUT2D eigenvalue weighted by atomic mass is 16.5. The maximum Gasteiger partial charge on any atom is 0.295 e. The zero-order valence-corrected chi connectivity index (χ0v) is 23.7. The van der Waals surface area contributed by atoms with Crippen LogP contribution in [-0.2, 0) is 9.59 Å². The third-order valence-corrected chi connectivity index (χ3v) is 7.32. The van der Waals surface area contributed by atoms with E-state index in [-0.39, 0.29) is 11.3 Å². The standard InChI is InChI=1S/C33H38N2O5/c1-5-34(6-2)19-20-35-30(29(32(37)33(35)38)31(36)26-13-11-23(3)12-14-26)25-15-17-27(18-16-25)39-21-22-40-28-10-8-7-9-24(28)4/h7-18,30,36H,5-6,19-22H2,1-4H3/b31-29+. The largest absolute Gasteiger partial charge is 0.507 e. The van der Waals surface area contributed by atoms with Crippen molar-refractivity contribution in [3.05, 3.63) is 101 Å². The number of rotatable bonds is 12. The third-order valence-electron chi connectivity index (χ3n) is 7.32. The molecule has 3 aromatic rings. The van der Waals surface area contributed by atoms with Crippen molar-refractivity contribution in [2.24, 2.45) is 0 Å². The molecule has 0 radical (unpaired) electrons. The summed E-state index contributed by atoms with van der Waals surface area (Å²) in [5, 5.41) is 11.3. The molecule has 1 aliphatic heterocycles. The van der Waals surface area contributed by atoms with E-state index >= 15 is 0 Å². The fourth-order valence-electron chi connectivity index (χ4n) is 4.89. The number of likely N-dealkylation sites (tertiary alicyclic amines) is 1. The van der Waals surface area contributed by atoms with Crippen molar-refractivity contribution in [3.63, 3.8) is 0 Å². The summed E-state index contributed by atoms with van der Waals surface area (Å²) in [7, 11) is 0. The molecular weight excluding hydrogens is 504 g/mol. The minimum absolute atomic E-state index is 0.105. The van der Waals surface area contributed by atoms with Gasteiger partial charge in [0.05, 0.1) is 11.6 Å². The number of para-hydroxylation sites is 1. The molecule has 0 saturated carbocycles. The second kappa shape index (κ2) is 13.3. The minimum atomic E-state index is -0.699. The van der Waals surface area contributed by atoms with Crippen molar-refractivity contribution in [2.75, 3.05) is 39.4 Å². The Morgan fingerprint density at radius 3 is 2.17 bits per heavy atom. The van der Waals surface area contributed by atoms with Gasteiger partial charge in [-0.3, -0.25) is 9.59 Å². The number of hydrogen-bond donors (Lipinski definition) is 1. The van der Waals surface area contributed by atoms with Crippen LogP contribution < -0.4 is 9.47 Å². The number of ketones is 1. The Balaban J connectivity index is 1.56. The number of amides is 1. The summed E-state index contributed by atoms with van der Waals surface area (Å²) in [6.07, 6.45) is 0. The van der Waals surface area contributed by atoms with E-state index in [0.29, 0.717) is 37.6 Å². The maximum atomic E-state index is 13.3. The fraction of sp³-hybridized carbons (Fsp3) is 0.333. The molecule has 0 aliphatic carbocycles. The van der Waals surface area contributed by atoms with Crippen LogP contribution in [0, 0.1) is 13.8 Å². The van der Waals surface area contributed by atoms with E-state index in [0.717, 1.165) is 35.5 Å². The van der Waals surface area contributed by atoms with Crippen molar-refractivity contribution in [2.45, 2.75) is 33.7 Å². The van der Waals surface area contributed by atoms with E-state index in [4.69, 9.17) is 9.47 Å². The van der Waals surface area contributed by atoms with Gasteiger partial charge in [0.25, 0.3) is 11.7 Å². The summed E-state index contributed by atoms with van der Waals surface area (Å²) in [4.78, 5) is 30.3. The monoisotopic (exact) mass is 542 g/mol. The topological polar surface area (TPSA) is 79.3 Å². The van der Waals surface area contributed by atoms with E-state index in [1.165, 1.54) is 0 Å². The quantitative estimate of drug-likeness (QED) is 0.140. The first-order valence-corrected chi connectivity index (χ1v) is 13.8. The number of nitrogens with zero attached hydrogens (tertiary/aromatic N) is 2. The average molecular weight is 543 g/mol. The average Bonchev–Trinajstić information content (AvgIpc) is 3.22. The van der Waals surface area contributed by atoms with Crippen LogP contribution in [0.5, 0.6) is 11.5 Å². The van der Waals surface area contributed by atoms with Gasteiger partial charge in [0.1, 0.15) is 30.5 Å². The van der Waals surface area contributed by atoms with Gasteiger partial charge in [-0.25, -0.2) is 0 Å². The number of likely N-dealkylation sites (N-methyl/N-ethyl adjacent to an activating group) is 1. The molecule has 1 aliphatic rings. The summed E-state index contributed by atoms with van der Waals surface area (Å²) in [5.41, 5.74) is 3.44. The van der Waals surface area contributed by atoms with Crippen LogP contribution >= 0.6 is 0 Å². The number of aliphatic hydroxyl groups is 1. The highest BCUT2D eigenvalue weighted by Gasteiger charge is 2.46. The van der Waals surface area contributed by atoms with E-state index in [2.05, 4.69) is 18.7 Å².